The predicted molar refractivity (Wildman–Crippen MR) is 98.8 cm³/mol. The van der Waals surface area contributed by atoms with E-state index >= 15 is 0 Å². The second-order valence-electron chi connectivity index (χ2n) is 6.62. The highest BCUT2D eigenvalue weighted by Gasteiger charge is 2.34. The molecule has 2 amide bonds. The molecule has 132 valence electrons. The van der Waals surface area contributed by atoms with Crippen molar-refractivity contribution in [2.24, 2.45) is 7.05 Å². The second kappa shape index (κ2) is 7.11. The lowest BCUT2D eigenvalue weighted by Gasteiger charge is -2.26. The minimum absolute atomic E-state index is 0.000250. The van der Waals surface area contributed by atoms with E-state index in [0.29, 0.717) is 5.69 Å². The van der Waals surface area contributed by atoms with Crippen LogP contribution in [0.4, 0.5) is 10.5 Å². The van der Waals surface area contributed by atoms with Gasteiger partial charge in [-0.3, -0.25) is 9.69 Å². The Bertz CT molecular complexity index is 816. The molecule has 0 saturated carbocycles. The number of carbonyl (C=O) groups is 1. The first-order chi connectivity index (χ1) is 12.0. The summed E-state index contributed by atoms with van der Waals surface area (Å²) in [7, 11) is 3.73. The van der Waals surface area contributed by atoms with Crippen molar-refractivity contribution < 1.29 is 4.79 Å². The Morgan fingerprint density at radius 2 is 1.88 bits per heavy atom. The average molecular weight is 340 g/mol. The molecular weight excluding hydrogens is 316 g/mol. The molecule has 2 heterocycles. The highest BCUT2D eigenvalue weighted by molar-refractivity contribution is 5.90. The molecule has 1 aliphatic heterocycles. The van der Waals surface area contributed by atoms with Gasteiger partial charge >= 0.3 is 6.03 Å². The normalized spacial score (nSPS) is 20.4. The predicted octanol–water partition coefficient (Wildman–Crippen LogP) is 2.26. The monoisotopic (exact) mass is 340 g/mol. The topological polar surface area (TPSA) is 66.4 Å². The molecule has 0 radical (unpaired) electrons. The Hall–Kier alpha value is -2.60. The van der Waals surface area contributed by atoms with Gasteiger partial charge in [-0.1, -0.05) is 30.3 Å². The minimum Gasteiger partial charge on any atom is -0.333 e. The maximum absolute atomic E-state index is 12.5. The number of anilines is 1. The standard InChI is InChI=1S/C19H24N4O2/c1-13-9-11-23(3)18(24)16(13)21-19(25)20-15-10-12-22(2)17(15)14-7-5-4-6-8-14/h4-9,11,15,17H,10,12H2,1-3H3,(H2,20,21,25)/t15-,17+/m1/s1. The first-order valence-electron chi connectivity index (χ1n) is 8.46. The van der Waals surface area contributed by atoms with Crippen LogP contribution in [0.5, 0.6) is 0 Å². The fourth-order valence-electron chi connectivity index (χ4n) is 3.42. The van der Waals surface area contributed by atoms with Crippen LogP contribution in [0, 0.1) is 6.92 Å². The molecule has 1 aromatic heterocycles. The van der Waals surface area contributed by atoms with Gasteiger partial charge in [0, 0.05) is 19.8 Å². The highest BCUT2D eigenvalue weighted by atomic mass is 16.2. The van der Waals surface area contributed by atoms with Crippen LogP contribution in [0.25, 0.3) is 0 Å². The number of likely N-dealkylation sites (N-methyl/N-ethyl adjacent to an activating group) is 1. The quantitative estimate of drug-likeness (QED) is 0.901. The van der Waals surface area contributed by atoms with Crippen molar-refractivity contribution in [3.8, 4) is 0 Å². The molecule has 3 rings (SSSR count). The summed E-state index contributed by atoms with van der Waals surface area (Å²) in [5.41, 5.74) is 2.05. The lowest BCUT2D eigenvalue weighted by atomic mass is 10.0. The highest BCUT2D eigenvalue weighted by Crippen LogP contribution is 2.30. The van der Waals surface area contributed by atoms with E-state index in [1.54, 1.807) is 13.2 Å². The minimum atomic E-state index is -0.340. The number of rotatable bonds is 3. The van der Waals surface area contributed by atoms with Gasteiger partial charge in [0.1, 0.15) is 5.69 Å². The van der Waals surface area contributed by atoms with Crippen molar-refractivity contribution in [1.29, 1.82) is 0 Å². The maximum Gasteiger partial charge on any atom is 0.319 e. The number of nitrogens with zero attached hydrogens (tertiary/aromatic N) is 2. The molecule has 2 N–H and O–H groups in total. The zero-order chi connectivity index (χ0) is 18.0. The first kappa shape index (κ1) is 17.2. The molecule has 1 fully saturated rings. The molecule has 1 aromatic carbocycles. The summed E-state index contributed by atoms with van der Waals surface area (Å²) < 4.78 is 1.46. The lowest BCUT2D eigenvalue weighted by Crippen LogP contribution is -2.42. The summed E-state index contributed by atoms with van der Waals surface area (Å²) in [5.74, 6) is 0. The van der Waals surface area contributed by atoms with Crippen LogP contribution in [-0.4, -0.2) is 35.1 Å². The molecule has 0 unspecified atom stereocenters. The summed E-state index contributed by atoms with van der Waals surface area (Å²) in [5, 5.41) is 5.77. The number of amides is 2. The maximum atomic E-state index is 12.5. The van der Waals surface area contributed by atoms with Crippen molar-refractivity contribution in [2.75, 3.05) is 18.9 Å². The van der Waals surface area contributed by atoms with Crippen LogP contribution >= 0.6 is 0 Å². The molecule has 1 saturated heterocycles. The van der Waals surface area contributed by atoms with Crippen LogP contribution in [0.2, 0.25) is 0 Å². The number of urea groups is 1. The molecule has 6 nitrogen and oxygen atoms in total. The van der Waals surface area contributed by atoms with E-state index in [4.69, 9.17) is 0 Å². The number of carbonyl (C=O) groups excluding carboxylic acids is 1. The molecule has 25 heavy (non-hydrogen) atoms. The summed E-state index contributed by atoms with van der Waals surface area (Å²) >= 11 is 0. The molecule has 2 aromatic rings. The van der Waals surface area contributed by atoms with Crippen LogP contribution in [0.3, 0.4) is 0 Å². The van der Waals surface area contributed by atoms with E-state index < -0.39 is 0 Å². The number of likely N-dealkylation sites (tertiary alicyclic amines) is 1. The van der Waals surface area contributed by atoms with E-state index in [-0.39, 0.29) is 23.7 Å². The van der Waals surface area contributed by atoms with E-state index in [9.17, 15) is 9.59 Å². The largest absolute Gasteiger partial charge is 0.333 e. The fourth-order valence-corrected chi connectivity index (χ4v) is 3.42. The van der Waals surface area contributed by atoms with Crippen LogP contribution in [0.15, 0.2) is 47.4 Å². The second-order valence-corrected chi connectivity index (χ2v) is 6.62. The number of aryl methyl sites for hydroxylation is 2. The SMILES string of the molecule is Cc1ccn(C)c(=O)c1NC(=O)N[C@@H]1CCN(C)[C@H]1c1ccccc1. The summed E-state index contributed by atoms with van der Waals surface area (Å²) in [4.78, 5) is 26.9. The van der Waals surface area contributed by atoms with Crippen molar-refractivity contribution in [1.82, 2.24) is 14.8 Å². The number of nitrogens with one attached hydrogen (secondary N) is 2. The third-order valence-corrected chi connectivity index (χ3v) is 4.82. The first-order valence-corrected chi connectivity index (χ1v) is 8.46. The number of aromatic nitrogens is 1. The van der Waals surface area contributed by atoms with Gasteiger partial charge in [-0.15, -0.1) is 0 Å². The summed E-state index contributed by atoms with van der Waals surface area (Å²) in [6.45, 7) is 2.73. The smallest absolute Gasteiger partial charge is 0.319 e. The average Bonchev–Trinajstić information content (AvgIpc) is 2.96. The Morgan fingerprint density at radius 3 is 2.60 bits per heavy atom. The van der Waals surface area contributed by atoms with E-state index in [1.807, 2.05) is 31.2 Å². The molecular formula is C19H24N4O2. The molecule has 0 spiro atoms. The lowest BCUT2D eigenvalue weighted by molar-refractivity contribution is 0.240. The van der Waals surface area contributed by atoms with Gasteiger partial charge in [0.2, 0.25) is 0 Å². The van der Waals surface area contributed by atoms with Gasteiger partial charge in [-0.25, -0.2) is 4.79 Å². The molecule has 6 heteroatoms. The van der Waals surface area contributed by atoms with Gasteiger partial charge in [0.05, 0.1) is 12.1 Å². The van der Waals surface area contributed by atoms with E-state index in [2.05, 4.69) is 34.7 Å². The Balaban J connectivity index is 1.75. The number of pyridine rings is 1. The Morgan fingerprint density at radius 1 is 1.16 bits per heavy atom. The van der Waals surface area contributed by atoms with E-state index in [0.717, 1.165) is 18.5 Å². The Kier molecular flexibility index (Phi) is 4.90. The van der Waals surface area contributed by atoms with Crippen LogP contribution in [0.1, 0.15) is 23.6 Å². The van der Waals surface area contributed by atoms with Gasteiger partial charge < -0.3 is 15.2 Å². The zero-order valence-electron chi connectivity index (χ0n) is 14.8. The fraction of sp³-hybridized carbons (Fsp3) is 0.368. The Labute approximate surface area is 147 Å². The summed E-state index contributed by atoms with van der Waals surface area (Å²) in [6, 6.07) is 11.8. The zero-order valence-corrected chi connectivity index (χ0v) is 14.8. The van der Waals surface area contributed by atoms with Crippen molar-refractivity contribution in [3.05, 3.63) is 64.1 Å². The third-order valence-electron chi connectivity index (χ3n) is 4.82. The van der Waals surface area contributed by atoms with Crippen molar-refractivity contribution in [2.45, 2.75) is 25.4 Å². The third kappa shape index (κ3) is 3.58. The van der Waals surface area contributed by atoms with Crippen LogP contribution in [-0.2, 0) is 7.05 Å². The molecule has 1 aliphatic rings. The molecule has 0 aliphatic carbocycles. The summed E-state index contributed by atoms with van der Waals surface area (Å²) in [6.07, 6.45) is 2.56. The number of hydrogen-bond acceptors (Lipinski definition) is 3. The van der Waals surface area contributed by atoms with Crippen molar-refractivity contribution in [3.63, 3.8) is 0 Å². The molecule has 0 bridgehead atoms. The van der Waals surface area contributed by atoms with Crippen molar-refractivity contribution >= 4 is 11.7 Å². The van der Waals surface area contributed by atoms with Gasteiger partial charge in [0.25, 0.3) is 5.56 Å². The van der Waals surface area contributed by atoms with E-state index in [1.165, 1.54) is 10.1 Å². The van der Waals surface area contributed by atoms with Gasteiger partial charge in [-0.05, 0) is 37.6 Å². The van der Waals surface area contributed by atoms with Gasteiger partial charge in [0.15, 0.2) is 0 Å². The number of hydrogen-bond donors (Lipinski definition) is 2. The van der Waals surface area contributed by atoms with Gasteiger partial charge in [-0.2, -0.15) is 0 Å². The van der Waals surface area contributed by atoms with Crippen LogP contribution < -0.4 is 16.2 Å². The molecule has 2 atom stereocenters. The number of benzene rings is 1.